The van der Waals surface area contributed by atoms with Gasteiger partial charge in [-0.3, -0.25) is 9.59 Å². The van der Waals surface area contributed by atoms with Crippen LogP contribution in [0.5, 0.6) is 0 Å². The van der Waals surface area contributed by atoms with Crippen molar-refractivity contribution < 1.29 is 19.1 Å². The van der Waals surface area contributed by atoms with Gasteiger partial charge >= 0.3 is 0 Å². The third kappa shape index (κ3) is 7.82. The number of pyridine rings is 1. The van der Waals surface area contributed by atoms with Crippen molar-refractivity contribution in [3.05, 3.63) is 35.8 Å². The summed E-state index contributed by atoms with van der Waals surface area (Å²) in [5.74, 6) is 0.282. The highest BCUT2D eigenvalue weighted by Gasteiger charge is 2.36. The summed E-state index contributed by atoms with van der Waals surface area (Å²) in [4.78, 5) is 36.0. The van der Waals surface area contributed by atoms with Crippen LogP contribution in [0.1, 0.15) is 49.3 Å². The second kappa shape index (κ2) is 15.6. The summed E-state index contributed by atoms with van der Waals surface area (Å²) >= 11 is 0. The smallest absolute Gasteiger partial charge is 0.274 e. The minimum absolute atomic E-state index is 0. The van der Waals surface area contributed by atoms with E-state index in [0.29, 0.717) is 70.6 Å². The maximum Gasteiger partial charge on any atom is 0.274 e. The fourth-order valence-electron chi connectivity index (χ4n) is 5.31. The molecule has 11 heteroatoms. The number of methoxy groups -OCH3 is 1. The molecule has 0 bridgehead atoms. The Labute approximate surface area is 238 Å². The Balaban J connectivity index is 0.00000253. The Kier molecular flexibility index (Phi) is 13.3. The fraction of sp³-hybridized carbons (Fsp3) is 0.667. The van der Waals surface area contributed by atoms with Crippen LogP contribution in [0.25, 0.3) is 5.65 Å². The number of ether oxygens (including phenoxy) is 2. The summed E-state index contributed by atoms with van der Waals surface area (Å²) in [6, 6.07) is 5.81. The normalized spacial score (nSPS) is 19.6. The molecule has 0 unspecified atom stereocenters. The van der Waals surface area contributed by atoms with E-state index in [2.05, 4.69) is 19.2 Å². The largest absolute Gasteiger partial charge is 0.385 e. The van der Waals surface area contributed by atoms with Crippen LogP contribution >= 0.6 is 24.8 Å². The Hall–Kier alpha value is -1.91. The Morgan fingerprint density at radius 2 is 1.95 bits per heavy atom. The van der Waals surface area contributed by atoms with Gasteiger partial charge in [0.2, 0.25) is 5.91 Å². The second-order valence-corrected chi connectivity index (χ2v) is 10.3. The number of rotatable bonds is 10. The molecule has 0 aliphatic carbocycles. The minimum atomic E-state index is -0.140. The summed E-state index contributed by atoms with van der Waals surface area (Å²) in [7, 11) is 1.71. The second-order valence-electron chi connectivity index (χ2n) is 10.3. The number of morpholine rings is 1. The van der Waals surface area contributed by atoms with Crippen molar-refractivity contribution in [2.24, 2.45) is 11.8 Å². The Morgan fingerprint density at radius 1 is 1.18 bits per heavy atom. The molecule has 2 aromatic rings. The number of fused-ring (bicyclic) bond motifs is 1. The van der Waals surface area contributed by atoms with Crippen LogP contribution in [0.15, 0.2) is 24.4 Å². The van der Waals surface area contributed by atoms with Gasteiger partial charge in [-0.2, -0.15) is 0 Å². The van der Waals surface area contributed by atoms with Crippen molar-refractivity contribution in [2.45, 2.75) is 45.6 Å². The predicted octanol–water partition coefficient (Wildman–Crippen LogP) is 3.08. The number of amides is 2. The number of imidazole rings is 1. The highest BCUT2D eigenvalue weighted by Crippen LogP contribution is 2.24. The number of hydrogen-bond donors (Lipinski definition) is 1. The standard InChI is InChI=1S/C27H41N5O4.2ClH/c1-20(2)19-32(22-16-21(17-28-18-22)26(33)30-11-14-36-15-12-30)27(34)25-23(8-5-7-13-35-3)31-10-6-4-9-24(31)29-25;;/h4,6,9-10,20-22,28H,5,7-8,11-19H2,1-3H3;2*1H/t21-,22+;;/m1../s1. The molecule has 214 valence electrons. The lowest BCUT2D eigenvalue weighted by Crippen LogP contribution is -2.56. The van der Waals surface area contributed by atoms with E-state index in [1.165, 1.54) is 0 Å². The van der Waals surface area contributed by atoms with Gasteiger partial charge in [-0.05, 0) is 43.7 Å². The zero-order valence-corrected chi connectivity index (χ0v) is 24.4. The lowest BCUT2D eigenvalue weighted by atomic mass is 9.92. The maximum absolute atomic E-state index is 14.1. The molecule has 4 rings (SSSR count). The van der Waals surface area contributed by atoms with E-state index in [4.69, 9.17) is 14.5 Å². The van der Waals surface area contributed by atoms with Crippen LogP contribution in [0.2, 0.25) is 0 Å². The first-order chi connectivity index (χ1) is 17.5. The molecule has 38 heavy (non-hydrogen) atoms. The van der Waals surface area contributed by atoms with Crippen molar-refractivity contribution in [2.75, 3.05) is 59.7 Å². The molecule has 2 atom stereocenters. The van der Waals surface area contributed by atoms with Crippen LogP contribution < -0.4 is 5.32 Å². The first-order valence-corrected chi connectivity index (χ1v) is 13.3. The van der Waals surface area contributed by atoms with E-state index in [1.54, 1.807) is 7.11 Å². The van der Waals surface area contributed by atoms with Crippen LogP contribution in [-0.2, 0) is 20.7 Å². The highest BCUT2D eigenvalue weighted by atomic mass is 35.5. The van der Waals surface area contributed by atoms with Crippen LogP contribution in [0, 0.1) is 11.8 Å². The molecule has 1 N–H and O–H groups in total. The van der Waals surface area contributed by atoms with Gasteiger partial charge < -0.3 is 29.0 Å². The van der Waals surface area contributed by atoms with Gasteiger partial charge in [0.05, 0.1) is 24.8 Å². The number of unbranched alkanes of at least 4 members (excludes halogenated alkanes) is 1. The summed E-state index contributed by atoms with van der Waals surface area (Å²) in [5, 5.41) is 3.44. The predicted molar refractivity (Wildman–Crippen MR) is 153 cm³/mol. The van der Waals surface area contributed by atoms with Gasteiger partial charge in [0.1, 0.15) is 5.65 Å². The molecule has 2 amide bonds. The van der Waals surface area contributed by atoms with Gasteiger partial charge in [-0.25, -0.2) is 4.98 Å². The quantitative estimate of drug-likeness (QED) is 0.441. The lowest BCUT2D eigenvalue weighted by molar-refractivity contribution is -0.140. The molecule has 2 aliphatic rings. The molecule has 2 fully saturated rings. The van der Waals surface area contributed by atoms with Crippen LogP contribution in [-0.4, -0.2) is 96.7 Å². The minimum Gasteiger partial charge on any atom is -0.385 e. The van der Waals surface area contributed by atoms with E-state index in [9.17, 15) is 9.59 Å². The topological polar surface area (TPSA) is 88.4 Å². The van der Waals surface area contributed by atoms with Crippen molar-refractivity contribution in [1.29, 1.82) is 0 Å². The summed E-state index contributed by atoms with van der Waals surface area (Å²) < 4.78 is 12.7. The summed E-state index contributed by atoms with van der Waals surface area (Å²) in [5.41, 5.74) is 2.26. The zero-order valence-electron chi connectivity index (χ0n) is 22.8. The fourth-order valence-corrected chi connectivity index (χ4v) is 5.31. The van der Waals surface area contributed by atoms with Gasteiger partial charge in [0.15, 0.2) is 5.69 Å². The molecular formula is C27H43Cl2N5O4. The number of carbonyl (C=O) groups is 2. The highest BCUT2D eigenvalue weighted by molar-refractivity contribution is 5.95. The monoisotopic (exact) mass is 571 g/mol. The first kappa shape index (κ1) is 32.3. The molecular weight excluding hydrogens is 529 g/mol. The van der Waals surface area contributed by atoms with E-state index in [1.807, 2.05) is 38.6 Å². The number of aryl methyl sites for hydroxylation is 1. The molecule has 0 radical (unpaired) electrons. The van der Waals surface area contributed by atoms with Crippen molar-refractivity contribution in [3.8, 4) is 0 Å². The van der Waals surface area contributed by atoms with Crippen molar-refractivity contribution in [1.82, 2.24) is 24.5 Å². The Bertz CT molecular complexity index is 1030. The van der Waals surface area contributed by atoms with Gasteiger partial charge in [0, 0.05) is 58.7 Å². The van der Waals surface area contributed by atoms with E-state index < -0.39 is 0 Å². The van der Waals surface area contributed by atoms with Gasteiger partial charge in [-0.1, -0.05) is 19.9 Å². The third-order valence-corrected chi connectivity index (χ3v) is 7.11. The molecule has 4 heterocycles. The number of halogens is 2. The average molecular weight is 573 g/mol. The number of hydrogen-bond acceptors (Lipinski definition) is 6. The Morgan fingerprint density at radius 3 is 2.66 bits per heavy atom. The van der Waals surface area contributed by atoms with E-state index in [-0.39, 0.29) is 48.6 Å². The maximum atomic E-state index is 14.1. The van der Waals surface area contributed by atoms with Crippen molar-refractivity contribution >= 4 is 42.3 Å². The number of piperidine rings is 1. The third-order valence-electron chi connectivity index (χ3n) is 7.11. The number of carbonyl (C=O) groups excluding carboxylic acids is 2. The number of nitrogens with one attached hydrogen (secondary N) is 1. The molecule has 0 saturated carbocycles. The average Bonchev–Trinajstić information content (AvgIpc) is 3.28. The van der Waals surface area contributed by atoms with Gasteiger partial charge in [0.25, 0.3) is 5.91 Å². The molecule has 2 aliphatic heterocycles. The van der Waals surface area contributed by atoms with Crippen LogP contribution in [0.3, 0.4) is 0 Å². The zero-order chi connectivity index (χ0) is 25.5. The van der Waals surface area contributed by atoms with Crippen molar-refractivity contribution in [3.63, 3.8) is 0 Å². The summed E-state index contributed by atoms with van der Waals surface area (Å²) in [6.45, 7) is 9.38. The molecule has 2 saturated heterocycles. The van der Waals surface area contributed by atoms with E-state index in [0.717, 1.165) is 30.6 Å². The first-order valence-electron chi connectivity index (χ1n) is 13.3. The number of aromatic nitrogens is 2. The SMILES string of the molecule is COCCCCc1c(C(=O)N(CC(C)C)[C@@H]2CNC[C@H](C(=O)N3CCOCC3)C2)nc2ccccn12.Cl.Cl. The molecule has 0 spiro atoms. The summed E-state index contributed by atoms with van der Waals surface area (Å²) in [6.07, 6.45) is 5.25. The lowest BCUT2D eigenvalue weighted by Gasteiger charge is -2.40. The molecule has 2 aromatic heterocycles. The molecule has 9 nitrogen and oxygen atoms in total. The van der Waals surface area contributed by atoms with Crippen LogP contribution in [0.4, 0.5) is 0 Å². The molecule has 0 aromatic carbocycles. The number of nitrogens with zero attached hydrogens (tertiary/aromatic N) is 4. The van der Waals surface area contributed by atoms with Gasteiger partial charge in [-0.15, -0.1) is 24.8 Å². The van der Waals surface area contributed by atoms with E-state index >= 15 is 0 Å².